The zero-order valence-corrected chi connectivity index (χ0v) is 13.6. The number of hydrogen-bond donors (Lipinski definition) is 0. The molecule has 3 rings (SSSR count). The van der Waals surface area contributed by atoms with Crippen LogP contribution in [0.15, 0.2) is 41.2 Å². The van der Waals surface area contributed by atoms with E-state index >= 15 is 0 Å². The van der Waals surface area contributed by atoms with E-state index in [0.29, 0.717) is 12.1 Å². The molecule has 0 radical (unpaired) electrons. The third-order valence-corrected chi connectivity index (χ3v) is 6.08. The smallest absolute Gasteiger partial charge is 0.372 e. The van der Waals surface area contributed by atoms with Gasteiger partial charge in [-0.15, -0.1) is 0 Å². The summed E-state index contributed by atoms with van der Waals surface area (Å²) in [6.07, 6.45) is 2.82. The first-order chi connectivity index (χ1) is 11.6. The Morgan fingerprint density at radius 1 is 1.24 bits per heavy atom. The highest BCUT2D eigenvalue weighted by Gasteiger charge is 2.38. The highest BCUT2D eigenvalue weighted by Crippen LogP contribution is 2.26. The van der Waals surface area contributed by atoms with Gasteiger partial charge in [-0.05, 0) is 25.5 Å². The van der Waals surface area contributed by atoms with Gasteiger partial charge >= 0.3 is 5.03 Å². The second-order valence-corrected chi connectivity index (χ2v) is 7.58. The van der Waals surface area contributed by atoms with Gasteiger partial charge in [-0.25, -0.2) is 21.6 Å². The molecular weight excluding hydrogens is 361 g/mol. The second kappa shape index (κ2) is 5.73. The molecule has 1 aliphatic carbocycles. The Labute approximate surface area is 139 Å². The zero-order chi connectivity index (χ0) is 18.5. The first-order valence-corrected chi connectivity index (χ1v) is 8.61. The van der Waals surface area contributed by atoms with E-state index in [4.69, 9.17) is 0 Å². The lowest BCUT2D eigenvalue weighted by Gasteiger charge is -2.18. The standard InChI is InChI=1S/C15H11F3N2O4S/c1-8-15(25(23,24)10-4-2-9(16)3-5-10)20(22)14-7-12(18)11(17)6-13(14)19(8)21/h2-4,6-7,10H,5H2,1H3. The normalized spacial score (nSPS) is 17.8. The summed E-state index contributed by atoms with van der Waals surface area (Å²) in [7, 11) is -4.37. The maximum Gasteiger partial charge on any atom is 0.372 e. The molecular formula is C15H11F3N2O4S. The van der Waals surface area contributed by atoms with E-state index in [2.05, 4.69) is 0 Å². The summed E-state index contributed by atoms with van der Waals surface area (Å²) >= 11 is 0. The second-order valence-electron chi connectivity index (χ2n) is 5.50. The van der Waals surface area contributed by atoms with E-state index in [1.165, 1.54) is 0 Å². The molecule has 1 aromatic heterocycles. The minimum atomic E-state index is -4.37. The molecule has 1 aromatic carbocycles. The van der Waals surface area contributed by atoms with Gasteiger partial charge in [0, 0.05) is 11.0 Å². The number of allylic oxidation sites excluding steroid dienone is 3. The van der Waals surface area contributed by atoms with Gasteiger partial charge < -0.3 is 9.94 Å². The van der Waals surface area contributed by atoms with Crippen molar-refractivity contribution in [2.24, 2.45) is 0 Å². The van der Waals surface area contributed by atoms with Crippen LogP contribution in [0.4, 0.5) is 13.2 Å². The Kier molecular flexibility index (Phi) is 3.94. The van der Waals surface area contributed by atoms with E-state index in [1.807, 2.05) is 0 Å². The number of sulfone groups is 1. The molecule has 0 amide bonds. The highest BCUT2D eigenvalue weighted by molar-refractivity contribution is 7.92. The van der Waals surface area contributed by atoms with Crippen LogP contribution in [0.3, 0.4) is 0 Å². The van der Waals surface area contributed by atoms with Crippen molar-refractivity contribution < 1.29 is 26.0 Å². The maximum atomic E-state index is 13.4. The minimum Gasteiger partial charge on any atom is -0.805 e. The highest BCUT2D eigenvalue weighted by atomic mass is 32.2. The number of benzene rings is 1. The predicted octanol–water partition coefficient (Wildman–Crippen LogP) is 2.44. The quantitative estimate of drug-likeness (QED) is 0.758. The van der Waals surface area contributed by atoms with Gasteiger partial charge in [-0.1, -0.05) is 6.08 Å². The Balaban J connectivity index is 2.32. The molecule has 10 heteroatoms. The first kappa shape index (κ1) is 17.2. The van der Waals surface area contributed by atoms with E-state index in [-0.39, 0.29) is 15.6 Å². The van der Waals surface area contributed by atoms with Crippen molar-refractivity contribution >= 4 is 20.9 Å². The van der Waals surface area contributed by atoms with Crippen molar-refractivity contribution in [3.8, 4) is 0 Å². The van der Waals surface area contributed by atoms with Gasteiger partial charge in [-0.3, -0.25) is 0 Å². The van der Waals surface area contributed by atoms with Gasteiger partial charge in [0.2, 0.25) is 0 Å². The third kappa shape index (κ3) is 2.62. The fourth-order valence-electron chi connectivity index (χ4n) is 2.64. The van der Waals surface area contributed by atoms with Crippen molar-refractivity contribution in [1.82, 2.24) is 4.73 Å². The number of nitrogens with zero attached hydrogens (tertiary/aromatic N) is 2. The van der Waals surface area contributed by atoms with Crippen LogP contribution in [-0.2, 0) is 9.84 Å². The number of fused-ring (bicyclic) bond motifs is 1. The van der Waals surface area contributed by atoms with Crippen LogP contribution in [0, 0.1) is 28.7 Å². The Hall–Kier alpha value is -2.62. The molecule has 2 aromatic rings. The van der Waals surface area contributed by atoms with Crippen LogP contribution >= 0.6 is 0 Å². The van der Waals surface area contributed by atoms with Gasteiger partial charge in [0.1, 0.15) is 17.0 Å². The topological polar surface area (TPSA) is 85.1 Å². The van der Waals surface area contributed by atoms with E-state index in [0.717, 1.165) is 25.2 Å². The molecule has 0 aliphatic heterocycles. The minimum absolute atomic E-state index is 0.0576. The average Bonchev–Trinajstić information content (AvgIpc) is 2.55. The Morgan fingerprint density at radius 3 is 2.48 bits per heavy atom. The lowest BCUT2D eigenvalue weighted by molar-refractivity contribution is -0.512. The molecule has 0 spiro atoms. The van der Waals surface area contributed by atoms with Crippen molar-refractivity contribution in [3.05, 3.63) is 63.6 Å². The summed E-state index contributed by atoms with van der Waals surface area (Å²) in [6.45, 7) is 1.08. The molecule has 0 fully saturated rings. The third-order valence-electron chi connectivity index (χ3n) is 3.94. The molecule has 0 saturated heterocycles. The number of hydrogen-bond acceptors (Lipinski definition) is 4. The van der Waals surface area contributed by atoms with Gasteiger partial charge in [0.25, 0.3) is 15.4 Å². The van der Waals surface area contributed by atoms with Crippen molar-refractivity contribution in [2.75, 3.05) is 0 Å². The molecule has 0 N–H and O–H groups in total. The lowest BCUT2D eigenvalue weighted by Crippen LogP contribution is -2.34. The monoisotopic (exact) mass is 372 g/mol. The van der Waals surface area contributed by atoms with Gasteiger partial charge in [-0.2, -0.15) is 0 Å². The number of aromatic nitrogens is 2. The molecule has 0 saturated carbocycles. The van der Waals surface area contributed by atoms with Crippen molar-refractivity contribution in [1.29, 1.82) is 0 Å². The van der Waals surface area contributed by atoms with Gasteiger partial charge in [0.05, 0.1) is 15.7 Å². The number of halogens is 3. The molecule has 1 aliphatic rings. The summed E-state index contributed by atoms with van der Waals surface area (Å²) in [6, 6.07) is 0.981. The largest absolute Gasteiger partial charge is 0.805 e. The van der Waals surface area contributed by atoms with Crippen LogP contribution in [0.5, 0.6) is 0 Å². The van der Waals surface area contributed by atoms with Crippen LogP contribution < -0.4 is 4.43 Å². The summed E-state index contributed by atoms with van der Waals surface area (Å²) < 4.78 is 65.3. The lowest BCUT2D eigenvalue weighted by atomic mass is 10.2. The molecule has 25 heavy (non-hydrogen) atoms. The van der Waals surface area contributed by atoms with Gasteiger partial charge in [0.15, 0.2) is 11.6 Å². The average molecular weight is 372 g/mol. The fraction of sp³-hybridized carbons (Fsp3) is 0.200. The Bertz CT molecular complexity index is 1120. The fourth-order valence-corrected chi connectivity index (χ4v) is 4.39. The van der Waals surface area contributed by atoms with Crippen LogP contribution in [-0.4, -0.2) is 18.4 Å². The summed E-state index contributed by atoms with van der Waals surface area (Å²) in [5.74, 6) is -3.36. The van der Waals surface area contributed by atoms with Crippen LogP contribution in [0.2, 0.25) is 0 Å². The number of rotatable bonds is 2. The summed E-state index contributed by atoms with van der Waals surface area (Å²) in [5.41, 5.74) is -1.62. The molecule has 1 heterocycles. The van der Waals surface area contributed by atoms with E-state index in [1.54, 1.807) is 0 Å². The van der Waals surface area contributed by atoms with E-state index in [9.17, 15) is 31.7 Å². The molecule has 1 unspecified atom stereocenters. The van der Waals surface area contributed by atoms with Crippen LogP contribution in [0.1, 0.15) is 12.1 Å². The SMILES string of the molecule is Cc1c(S(=O)(=O)C2C=CC(F)=CC2)[n+](=O)c2cc(F)c(F)cc2n1[O-]. The van der Waals surface area contributed by atoms with E-state index < -0.39 is 54.3 Å². The van der Waals surface area contributed by atoms with Crippen molar-refractivity contribution in [3.63, 3.8) is 0 Å². The Morgan fingerprint density at radius 2 is 1.88 bits per heavy atom. The molecule has 0 bridgehead atoms. The predicted molar refractivity (Wildman–Crippen MR) is 82.6 cm³/mol. The molecule has 1 atom stereocenters. The molecule has 132 valence electrons. The summed E-state index contributed by atoms with van der Waals surface area (Å²) in [4.78, 5) is 12.5. The van der Waals surface area contributed by atoms with Crippen molar-refractivity contribution in [2.45, 2.75) is 23.6 Å². The summed E-state index contributed by atoms with van der Waals surface area (Å²) in [5, 5.41) is 10.1. The van der Waals surface area contributed by atoms with Crippen LogP contribution in [0.25, 0.3) is 11.0 Å². The maximum absolute atomic E-state index is 13.4. The molecule has 6 nitrogen and oxygen atoms in total. The zero-order valence-electron chi connectivity index (χ0n) is 12.7. The first-order valence-electron chi connectivity index (χ1n) is 7.06.